The van der Waals surface area contributed by atoms with Crippen molar-refractivity contribution in [2.45, 2.75) is 52.0 Å². The van der Waals surface area contributed by atoms with E-state index in [1.54, 1.807) is 0 Å². The molecule has 1 fully saturated rings. The molecule has 3 rings (SSSR count). The van der Waals surface area contributed by atoms with E-state index in [9.17, 15) is 0 Å². The van der Waals surface area contributed by atoms with Crippen LogP contribution >= 0.6 is 0 Å². The molecule has 28 heavy (non-hydrogen) atoms. The molecule has 2 aromatic carbocycles. The molecule has 1 aliphatic rings. The number of hydrogen-bond donors (Lipinski definition) is 1. The van der Waals surface area contributed by atoms with Crippen molar-refractivity contribution in [3.63, 3.8) is 0 Å². The lowest BCUT2D eigenvalue weighted by molar-refractivity contribution is 0.247. The lowest BCUT2D eigenvalue weighted by Gasteiger charge is -2.15. The Labute approximate surface area is 169 Å². The van der Waals surface area contributed by atoms with Gasteiger partial charge in [0.1, 0.15) is 11.5 Å². The minimum absolute atomic E-state index is 0.161. The molecule has 1 unspecified atom stereocenters. The van der Waals surface area contributed by atoms with Crippen LogP contribution in [0.15, 0.2) is 53.5 Å². The molecule has 0 radical (unpaired) electrons. The average Bonchev–Trinajstić information content (AvgIpc) is 2.97. The number of nitrogens with zero attached hydrogens (tertiary/aromatic N) is 1. The van der Waals surface area contributed by atoms with Crippen LogP contribution in [0.3, 0.4) is 0 Å². The number of amidine groups is 1. The molecule has 4 heteroatoms. The Bertz CT molecular complexity index is 748. The number of hydrogen-bond acceptors (Lipinski definition) is 3. The third kappa shape index (κ3) is 6.29. The zero-order valence-corrected chi connectivity index (χ0v) is 17.1. The second-order valence-corrected chi connectivity index (χ2v) is 7.37. The van der Waals surface area contributed by atoms with E-state index in [4.69, 9.17) is 14.5 Å². The Morgan fingerprint density at radius 3 is 2.54 bits per heavy atom. The first kappa shape index (κ1) is 20.2. The second-order valence-electron chi connectivity index (χ2n) is 7.37. The molecule has 0 aromatic heterocycles. The number of benzene rings is 2. The maximum Gasteiger partial charge on any atom is 0.119 e. The zero-order valence-electron chi connectivity index (χ0n) is 17.1. The minimum Gasteiger partial charge on any atom is -0.493 e. The third-order valence-electron chi connectivity index (χ3n) is 5.03. The summed E-state index contributed by atoms with van der Waals surface area (Å²) < 4.78 is 11.6. The van der Waals surface area contributed by atoms with Crippen LogP contribution in [0.5, 0.6) is 11.5 Å². The molecule has 1 aliphatic heterocycles. The molecule has 2 aromatic rings. The van der Waals surface area contributed by atoms with E-state index in [1.807, 2.05) is 30.3 Å². The Hall–Kier alpha value is -2.49. The van der Waals surface area contributed by atoms with Crippen molar-refractivity contribution in [3.8, 4) is 11.5 Å². The highest BCUT2D eigenvalue weighted by atomic mass is 16.5. The smallest absolute Gasteiger partial charge is 0.119 e. The van der Waals surface area contributed by atoms with Crippen molar-refractivity contribution in [2.24, 2.45) is 4.99 Å². The van der Waals surface area contributed by atoms with Crippen molar-refractivity contribution in [3.05, 3.63) is 59.7 Å². The normalized spacial score (nSPS) is 16.9. The van der Waals surface area contributed by atoms with Gasteiger partial charge in [-0.15, -0.1) is 0 Å². The summed E-state index contributed by atoms with van der Waals surface area (Å²) in [7, 11) is 0. The van der Waals surface area contributed by atoms with E-state index in [0.717, 1.165) is 36.7 Å². The Balaban J connectivity index is 1.47. The molecule has 1 N–H and O–H groups in total. The predicted molar refractivity (Wildman–Crippen MR) is 116 cm³/mol. The molecule has 1 saturated heterocycles. The molecular formula is C24H32N2O2. The molecule has 0 amide bonds. The van der Waals surface area contributed by atoms with E-state index in [1.165, 1.54) is 30.4 Å². The van der Waals surface area contributed by atoms with Crippen LogP contribution in [0.4, 0.5) is 0 Å². The van der Waals surface area contributed by atoms with Gasteiger partial charge in [0.25, 0.3) is 0 Å². The van der Waals surface area contributed by atoms with Gasteiger partial charge in [-0.25, -0.2) is 0 Å². The van der Waals surface area contributed by atoms with Crippen molar-refractivity contribution < 1.29 is 9.47 Å². The molecule has 4 nitrogen and oxygen atoms in total. The largest absolute Gasteiger partial charge is 0.493 e. The molecule has 0 aliphatic carbocycles. The van der Waals surface area contributed by atoms with Crippen LogP contribution in [-0.2, 0) is 0 Å². The van der Waals surface area contributed by atoms with Gasteiger partial charge in [-0.3, -0.25) is 4.99 Å². The summed E-state index contributed by atoms with van der Waals surface area (Å²) in [5.41, 5.74) is 2.49. The van der Waals surface area contributed by atoms with Gasteiger partial charge in [-0.05, 0) is 62.1 Å². The van der Waals surface area contributed by atoms with Gasteiger partial charge < -0.3 is 14.8 Å². The van der Waals surface area contributed by atoms with Crippen molar-refractivity contribution in [2.75, 3.05) is 19.8 Å². The van der Waals surface area contributed by atoms with Crippen LogP contribution in [0.2, 0.25) is 0 Å². The summed E-state index contributed by atoms with van der Waals surface area (Å²) in [6.45, 7) is 6.66. The van der Waals surface area contributed by atoms with Crippen LogP contribution in [0.25, 0.3) is 0 Å². The number of aryl methyl sites for hydroxylation is 1. The average molecular weight is 381 g/mol. The fourth-order valence-electron chi connectivity index (χ4n) is 3.49. The van der Waals surface area contributed by atoms with Crippen LogP contribution in [0.1, 0.15) is 56.2 Å². The highest BCUT2D eigenvalue weighted by molar-refractivity contribution is 5.82. The highest BCUT2D eigenvalue weighted by Crippen LogP contribution is 2.25. The minimum atomic E-state index is 0.161. The summed E-state index contributed by atoms with van der Waals surface area (Å²) in [6.07, 6.45) is 5.69. The van der Waals surface area contributed by atoms with E-state index in [0.29, 0.717) is 13.2 Å². The monoisotopic (exact) mass is 380 g/mol. The molecule has 0 spiro atoms. The van der Waals surface area contributed by atoms with Crippen LogP contribution < -0.4 is 14.8 Å². The van der Waals surface area contributed by atoms with Gasteiger partial charge >= 0.3 is 0 Å². The molecule has 1 atom stereocenters. The van der Waals surface area contributed by atoms with Crippen molar-refractivity contribution in [1.29, 1.82) is 0 Å². The highest BCUT2D eigenvalue weighted by Gasteiger charge is 2.11. The molecule has 1 heterocycles. The maximum atomic E-state index is 5.90. The van der Waals surface area contributed by atoms with Crippen LogP contribution in [0, 0.1) is 6.92 Å². The molecule has 0 bridgehead atoms. The van der Waals surface area contributed by atoms with E-state index in [-0.39, 0.29) is 6.04 Å². The van der Waals surface area contributed by atoms with Crippen LogP contribution in [-0.4, -0.2) is 25.6 Å². The lowest BCUT2D eigenvalue weighted by Crippen LogP contribution is -2.22. The number of aliphatic imine (C=N–C) groups is 1. The second kappa shape index (κ2) is 10.7. The SMILES string of the molecule is Cc1cc(OCCCOc2ccccc2)ccc1C(C)/N=C1\CCCCCN1. The van der Waals surface area contributed by atoms with Gasteiger partial charge in [0, 0.05) is 19.4 Å². The Kier molecular flexibility index (Phi) is 7.77. The number of para-hydroxylation sites is 1. The van der Waals surface area contributed by atoms with E-state index in [2.05, 4.69) is 37.4 Å². The summed E-state index contributed by atoms with van der Waals surface area (Å²) in [4.78, 5) is 4.92. The summed E-state index contributed by atoms with van der Waals surface area (Å²) in [6, 6.07) is 16.4. The topological polar surface area (TPSA) is 42.9 Å². The first-order chi connectivity index (χ1) is 13.7. The van der Waals surface area contributed by atoms with Gasteiger partial charge in [0.05, 0.1) is 25.1 Å². The first-order valence-electron chi connectivity index (χ1n) is 10.4. The van der Waals surface area contributed by atoms with Crippen molar-refractivity contribution >= 4 is 5.84 Å². The Morgan fingerprint density at radius 1 is 0.964 bits per heavy atom. The third-order valence-corrected chi connectivity index (χ3v) is 5.03. The first-order valence-corrected chi connectivity index (χ1v) is 10.4. The molecule has 0 saturated carbocycles. The Morgan fingerprint density at radius 2 is 1.75 bits per heavy atom. The van der Waals surface area contributed by atoms with E-state index >= 15 is 0 Å². The van der Waals surface area contributed by atoms with Gasteiger partial charge in [0.2, 0.25) is 0 Å². The fourth-order valence-corrected chi connectivity index (χ4v) is 3.49. The number of rotatable bonds is 8. The predicted octanol–water partition coefficient (Wildman–Crippen LogP) is 5.47. The zero-order chi connectivity index (χ0) is 19.6. The summed E-state index contributed by atoms with van der Waals surface area (Å²) >= 11 is 0. The number of nitrogens with one attached hydrogen (secondary N) is 1. The molecular weight excluding hydrogens is 348 g/mol. The standard InChI is InChI=1S/C24H32N2O2/c1-19-18-22(28-17-9-16-27-21-10-5-3-6-11-21)13-14-23(19)20(2)26-24-12-7-4-8-15-25-24/h3,5-6,10-11,13-14,18,20H,4,7-9,12,15-17H2,1-2H3,(H,25,26). The fraction of sp³-hybridized carbons (Fsp3) is 0.458. The number of ether oxygens (including phenoxy) is 2. The molecule has 150 valence electrons. The van der Waals surface area contributed by atoms with Crippen molar-refractivity contribution in [1.82, 2.24) is 5.32 Å². The quantitative estimate of drug-likeness (QED) is 0.618. The van der Waals surface area contributed by atoms with Gasteiger partial charge in [-0.2, -0.15) is 0 Å². The maximum absolute atomic E-state index is 5.90. The van der Waals surface area contributed by atoms with Gasteiger partial charge in [-0.1, -0.05) is 30.7 Å². The lowest BCUT2D eigenvalue weighted by atomic mass is 10.0. The summed E-state index contributed by atoms with van der Waals surface area (Å²) in [5.74, 6) is 2.97. The van der Waals surface area contributed by atoms with E-state index < -0.39 is 0 Å². The van der Waals surface area contributed by atoms with Gasteiger partial charge in [0.15, 0.2) is 0 Å². The summed E-state index contributed by atoms with van der Waals surface area (Å²) in [5, 5.41) is 3.48.